The molecule has 2 aromatic rings. The van der Waals surface area contributed by atoms with Gasteiger partial charge in [-0.05, 0) is 12.8 Å². The topological polar surface area (TPSA) is 61.9 Å². The highest BCUT2D eigenvalue weighted by atomic mass is 16.5. The van der Waals surface area contributed by atoms with Gasteiger partial charge in [-0.1, -0.05) is 13.8 Å². The number of fused-ring (bicyclic) bond motifs is 1. The maximum atomic E-state index is 12.3. The standard InChI is InChI=1S/C12H18N4O2/c1-4-6-15-8-13-9-10(15)14-12(18-3)16(7-5-2)11(9)17/h8H,4-7H2,1-3H3. The molecule has 2 aromatic heterocycles. The molecule has 2 heterocycles. The van der Waals surface area contributed by atoms with E-state index in [1.807, 2.05) is 11.5 Å². The zero-order valence-corrected chi connectivity index (χ0v) is 11.0. The van der Waals surface area contributed by atoms with Gasteiger partial charge in [-0.25, -0.2) is 4.98 Å². The Bertz CT molecular complexity index is 600. The summed E-state index contributed by atoms with van der Waals surface area (Å²) in [5, 5.41) is 0. The van der Waals surface area contributed by atoms with Gasteiger partial charge < -0.3 is 9.30 Å². The van der Waals surface area contributed by atoms with E-state index in [-0.39, 0.29) is 5.56 Å². The van der Waals surface area contributed by atoms with Crippen molar-refractivity contribution in [3.8, 4) is 6.01 Å². The summed E-state index contributed by atoms with van der Waals surface area (Å²) in [5.74, 6) is 0. The van der Waals surface area contributed by atoms with Gasteiger partial charge >= 0.3 is 6.01 Å². The molecule has 0 aliphatic rings. The van der Waals surface area contributed by atoms with Crippen LogP contribution in [-0.4, -0.2) is 26.2 Å². The van der Waals surface area contributed by atoms with E-state index < -0.39 is 0 Å². The lowest BCUT2D eigenvalue weighted by atomic mass is 10.4. The van der Waals surface area contributed by atoms with Gasteiger partial charge in [-0.3, -0.25) is 9.36 Å². The quantitative estimate of drug-likeness (QED) is 0.805. The van der Waals surface area contributed by atoms with Crippen molar-refractivity contribution < 1.29 is 4.74 Å². The molecule has 0 radical (unpaired) electrons. The van der Waals surface area contributed by atoms with Crippen LogP contribution >= 0.6 is 0 Å². The van der Waals surface area contributed by atoms with E-state index in [0.717, 1.165) is 19.4 Å². The average Bonchev–Trinajstić information content (AvgIpc) is 2.77. The lowest BCUT2D eigenvalue weighted by Gasteiger charge is -2.09. The largest absolute Gasteiger partial charge is 0.468 e. The molecule has 2 rings (SSSR count). The molecule has 0 unspecified atom stereocenters. The molecule has 6 nitrogen and oxygen atoms in total. The van der Waals surface area contributed by atoms with Crippen molar-refractivity contribution in [2.75, 3.05) is 7.11 Å². The van der Waals surface area contributed by atoms with Crippen LogP contribution in [0.25, 0.3) is 11.2 Å². The third-order valence-corrected chi connectivity index (χ3v) is 2.78. The molecule has 0 saturated heterocycles. The molecule has 0 aliphatic carbocycles. The van der Waals surface area contributed by atoms with E-state index in [9.17, 15) is 4.79 Å². The van der Waals surface area contributed by atoms with E-state index in [1.54, 1.807) is 6.33 Å². The average molecular weight is 250 g/mol. The molecule has 0 fully saturated rings. The summed E-state index contributed by atoms with van der Waals surface area (Å²) in [7, 11) is 1.53. The molecule has 0 spiro atoms. The van der Waals surface area contributed by atoms with Crippen molar-refractivity contribution in [1.29, 1.82) is 0 Å². The molecular weight excluding hydrogens is 232 g/mol. The molecular formula is C12H18N4O2. The van der Waals surface area contributed by atoms with E-state index in [2.05, 4.69) is 16.9 Å². The minimum absolute atomic E-state index is 0.131. The van der Waals surface area contributed by atoms with Crippen LogP contribution in [0.15, 0.2) is 11.1 Å². The molecule has 0 aliphatic heterocycles. The molecule has 0 atom stereocenters. The van der Waals surface area contributed by atoms with Crippen molar-refractivity contribution in [3.05, 3.63) is 16.7 Å². The first-order chi connectivity index (χ1) is 8.72. The second-order valence-corrected chi connectivity index (χ2v) is 4.17. The van der Waals surface area contributed by atoms with Crippen LogP contribution in [-0.2, 0) is 13.1 Å². The fraction of sp³-hybridized carbons (Fsp3) is 0.583. The van der Waals surface area contributed by atoms with E-state index in [0.29, 0.717) is 23.7 Å². The Balaban J connectivity index is 2.67. The Morgan fingerprint density at radius 3 is 2.61 bits per heavy atom. The molecule has 6 heteroatoms. The zero-order valence-electron chi connectivity index (χ0n) is 11.0. The second kappa shape index (κ2) is 5.20. The number of rotatable bonds is 5. The second-order valence-electron chi connectivity index (χ2n) is 4.17. The van der Waals surface area contributed by atoms with E-state index in [1.165, 1.54) is 11.7 Å². The fourth-order valence-electron chi connectivity index (χ4n) is 1.99. The molecule has 0 aromatic carbocycles. The number of methoxy groups -OCH3 is 1. The van der Waals surface area contributed by atoms with Crippen molar-refractivity contribution in [2.45, 2.75) is 39.8 Å². The van der Waals surface area contributed by atoms with Crippen LogP contribution in [0.1, 0.15) is 26.7 Å². The van der Waals surface area contributed by atoms with Crippen molar-refractivity contribution in [2.24, 2.45) is 0 Å². The van der Waals surface area contributed by atoms with Gasteiger partial charge in [0.2, 0.25) is 0 Å². The lowest BCUT2D eigenvalue weighted by Crippen LogP contribution is -2.23. The molecule has 0 amide bonds. The Morgan fingerprint density at radius 1 is 1.28 bits per heavy atom. The van der Waals surface area contributed by atoms with Gasteiger partial charge in [0.25, 0.3) is 5.56 Å². The summed E-state index contributed by atoms with van der Waals surface area (Å²) in [5.41, 5.74) is 0.886. The summed E-state index contributed by atoms with van der Waals surface area (Å²) < 4.78 is 8.62. The first-order valence-electron chi connectivity index (χ1n) is 6.22. The van der Waals surface area contributed by atoms with Crippen LogP contribution in [0.4, 0.5) is 0 Å². The summed E-state index contributed by atoms with van der Waals surface area (Å²) in [4.78, 5) is 20.8. The molecule has 18 heavy (non-hydrogen) atoms. The SMILES string of the molecule is CCCn1c(OC)nc2c(ncn2CCC)c1=O. The summed E-state index contributed by atoms with van der Waals surface area (Å²) >= 11 is 0. The summed E-state index contributed by atoms with van der Waals surface area (Å²) in [6, 6.07) is 0.354. The molecule has 0 bridgehead atoms. The van der Waals surface area contributed by atoms with Crippen molar-refractivity contribution in [1.82, 2.24) is 19.1 Å². The monoisotopic (exact) mass is 250 g/mol. The predicted octanol–water partition coefficient (Wildman–Crippen LogP) is 1.42. The predicted molar refractivity (Wildman–Crippen MR) is 68.9 cm³/mol. The van der Waals surface area contributed by atoms with Crippen molar-refractivity contribution in [3.63, 3.8) is 0 Å². The van der Waals surface area contributed by atoms with Gasteiger partial charge in [0, 0.05) is 13.1 Å². The number of aromatic nitrogens is 4. The lowest BCUT2D eigenvalue weighted by molar-refractivity contribution is 0.347. The van der Waals surface area contributed by atoms with Crippen LogP contribution < -0.4 is 10.3 Å². The number of imidazole rings is 1. The Hall–Kier alpha value is -1.85. The van der Waals surface area contributed by atoms with E-state index >= 15 is 0 Å². The zero-order chi connectivity index (χ0) is 13.1. The number of nitrogens with zero attached hydrogens (tertiary/aromatic N) is 4. The number of hydrogen-bond acceptors (Lipinski definition) is 4. The highest BCUT2D eigenvalue weighted by Gasteiger charge is 2.14. The summed E-state index contributed by atoms with van der Waals surface area (Å²) in [6.45, 7) is 5.46. The third kappa shape index (κ3) is 1.98. The Labute approximate surface area is 105 Å². The van der Waals surface area contributed by atoms with E-state index in [4.69, 9.17) is 4.74 Å². The van der Waals surface area contributed by atoms with Crippen LogP contribution in [0.5, 0.6) is 6.01 Å². The maximum Gasteiger partial charge on any atom is 0.301 e. The number of hydrogen-bond donors (Lipinski definition) is 0. The van der Waals surface area contributed by atoms with Crippen LogP contribution in [0.2, 0.25) is 0 Å². The molecule has 0 N–H and O–H groups in total. The number of aryl methyl sites for hydroxylation is 1. The first-order valence-corrected chi connectivity index (χ1v) is 6.22. The minimum Gasteiger partial charge on any atom is -0.468 e. The van der Waals surface area contributed by atoms with Gasteiger partial charge in [0.1, 0.15) is 0 Å². The molecule has 0 saturated carbocycles. The smallest absolute Gasteiger partial charge is 0.301 e. The molecule has 98 valence electrons. The summed E-state index contributed by atoms with van der Waals surface area (Å²) in [6.07, 6.45) is 3.48. The third-order valence-electron chi connectivity index (χ3n) is 2.78. The van der Waals surface area contributed by atoms with Gasteiger partial charge in [-0.15, -0.1) is 0 Å². The normalized spacial score (nSPS) is 11.1. The Kier molecular flexibility index (Phi) is 3.64. The minimum atomic E-state index is -0.131. The maximum absolute atomic E-state index is 12.3. The van der Waals surface area contributed by atoms with Crippen molar-refractivity contribution >= 4 is 11.2 Å². The Morgan fingerprint density at radius 2 is 2.00 bits per heavy atom. The van der Waals surface area contributed by atoms with Crippen LogP contribution in [0.3, 0.4) is 0 Å². The van der Waals surface area contributed by atoms with Gasteiger partial charge in [0.05, 0.1) is 13.4 Å². The van der Waals surface area contributed by atoms with Crippen LogP contribution in [0, 0.1) is 0 Å². The first kappa shape index (κ1) is 12.6. The highest BCUT2D eigenvalue weighted by molar-refractivity contribution is 5.69. The van der Waals surface area contributed by atoms with Gasteiger partial charge in [-0.2, -0.15) is 4.98 Å². The van der Waals surface area contributed by atoms with Gasteiger partial charge in [0.15, 0.2) is 11.2 Å². The number of ether oxygens (including phenoxy) is 1. The fourth-order valence-corrected chi connectivity index (χ4v) is 1.99. The highest BCUT2D eigenvalue weighted by Crippen LogP contribution is 2.12.